The maximum absolute atomic E-state index is 12.6. The molecule has 0 saturated heterocycles. The zero-order valence-corrected chi connectivity index (χ0v) is 18.5. The summed E-state index contributed by atoms with van der Waals surface area (Å²) in [6.45, 7) is 1.80. The fourth-order valence-electron chi connectivity index (χ4n) is 3.26. The topological polar surface area (TPSA) is 81.9 Å². The van der Waals surface area contributed by atoms with Crippen molar-refractivity contribution in [3.05, 3.63) is 102 Å². The molecule has 7 nitrogen and oxygen atoms in total. The Balaban J connectivity index is 1.25. The fourth-order valence-corrected chi connectivity index (χ4v) is 4.00. The summed E-state index contributed by atoms with van der Waals surface area (Å²) in [5.74, 6) is 2.11. The summed E-state index contributed by atoms with van der Waals surface area (Å²) >= 11 is 1.67. The van der Waals surface area contributed by atoms with E-state index in [0.29, 0.717) is 34.5 Å². The number of amides is 1. The lowest BCUT2D eigenvalue weighted by molar-refractivity contribution is 0.102. The van der Waals surface area contributed by atoms with E-state index >= 15 is 0 Å². The highest BCUT2D eigenvalue weighted by Gasteiger charge is 2.09. The molecule has 0 unspecified atom stereocenters. The minimum atomic E-state index is -0.169. The van der Waals surface area contributed by atoms with Crippen LogP contribution in [0.15, 0.2) is 90.8 Å². The van der Waals surface area contributed by atoms with Crippen molar-refractivity contribution in [3.8, 4) is 27.9 Å². The van der Waals surface area contributed by atoms with Crippen molar-refractivity contribution in [2.24, 2.45) is 0 Å². The van der Waals surface area contributed by atoms with Gasteiger partial charge in [0.15, 0.2) is 0 Å². The second-order valence-electron chi connectivity index (χ2n) is 7.22. The Hall–Kier alpha value is -4.30. The molecule has 0 spiro atoms. The van der Waals surface area contributed by atoms with Crippen LogP contribution in [0, 0.1) is 6.92 Å². The average Bonchev–Trinajstić information content (AvgIpc) is 3.55. The van der Waals surface area contributed by atoms with E-state index in [0.717, 1.165) is 5.56 Å². The number of imidazole rings is 1. The molecule has 0 aliphatic heterocycles. The molecule has 1 amide bonds. The molecule has 0 radical (unpaired) electrons. The molecule has 0 bridgehead atoms. The summed E-state index contributed by atoms with van der Waals surface area (Å²) in [5.41, 5.74) is 2.37. The first-order valence-electron chi connectivity index (χ1n) is 10.2. The van der Waals surface area contributed by atoms with Crippen LogP contribution < -0.4 is 10.1 Å². The highest BCUT2D eigenvalue weighted by atomic mass is 32.1. The zero-order chi connectivity index (χ0) is 22.6. The minimum absolute atomic E-state index is 0.169. The van der Waals surface area contributed by atoms with Gasteiger partial charge >= 0.3 is 0 Å². The first-order valence-corrected chi connectivity index (χ1v) is 11.1. The van der Waals surface area contributed by atoms with Crippen LogP contribution in [0.25, 0.3) is 16.3 Å². The number of carbonyl (C=O) groups excluding carboxylic acids is 1. The van der Waals surface area contributed by atoms with Crippen molar-refractivity contribution in [2.75, 3.05) is 5.32 Å². The van der Waals surface area contributed by atoms with Gasteiger partial charge in [-0.05, 0) is 60.3 Å². The van der Waals surface area contributed by atoms with Crippen LogP contribution in [0.2, 0.25) is 0 Å². The lowest BCUT2D eigenvalue weighted by Crippen LogP contribution is -2.11. The number of aromatic nitrogens is 4. The standard InChI is InChI=1S/C25H19N5O2S/c1-17-27-23(30-13-12-26-16-30)15-24(28-17)32-21-10-8-20(9-11-21)29-25(31)19-6-4-18(5-7-19)22-3-2-14-33-22/h2-16H,1H3,(H,29,31). The zero-order valence-electron chi connectivity index (χ0n) is 17.7. The van der Waals surface area contributed by atoms with Crippen molar-refractivity contribution < 1.29 is 9.53 Å². The van der Waals surface area contributed by atoms with Crippen LogP contribution in [0.5, 0.6) is 11.6 Å². The molecule has 0 saturated carbocycles. The summed E-state index contributed by atoms with van der Waals surface area (Å²) in [6.07, 6.45) is 5.15. The van der Waals surface area contributed by atoms with E-state index in [2.05, 4.69) is 26.3 Å². The Kier molecular flexibility index (Phi) is 5.65. The van der Waals surface area contributed by atoms with Crippen molar-refractivity contribution in [1.82, 2.24) is 19.5 Å². The second-order valence-corrected chi connectivity index (χ2v) is 8.16. The SMILES string of the molecule is Cc1nc(Oc2ccc(NC(=O)c3ccc(-c4cccs4)cc3)cc2)cc(-n2ccnc2)n1. The van der Waals surface area contributed by atoms with Crippen LogP contribution in [0.4, 0.5) is 5.69 Å². The number of aryl methyl sites for hydroxylation is 1. The monoisotopic (exact) mass is 453 g/mol. The van der Waals surface area contributed by atoms with E-state index in [9.17, 15) is 4.79 Å². The van der Waals surface area contributed by atoms with Gasteiger partial charge in [0.2, 0.25) is 5.88 Å². The molecular formula is C25H19N5O2S. The molecule has 1 N–H and O–H groups in total. The molecule has 0 atom stereocenters. The van der Waals surface area contributed by atoms with Gasteiger partial charge in [0.25, 0.3) is 5.91 Å². The first-order chi connectivity index (χ1) is 16.1. The molecule has 3 heterocycles. The molecule has 162 valence electrons. The molecule has 5 aromatic rings. The number of rotatable bonds is 6. The van der Waals surface area contributed by atoms with Gasteiger partial charge in [0.05, 0.1) is 0 Å². The van der Waals surface area contributed by atoms with Gasteiger partial charge in [0, 0.05) is 34.6 Å². The van der Waals surface area contributed by atoms with E-state index in [1.165, 1.54) is 4.88 Å². The predicted molar refractivity (Wildman–Crippen MR) is 128 cm³/mol. The van der Waals surface area contributed by atoms with Crippen molar-refractivity contribution in [1.29, 1.82) is 0 Å². The highest BCUT2D eigenvalue weighted by molar-refractivity contribution is 7.13. The third kappa shape index (κ3) is 4.81. The van der Waals surface area contributed by atoms with Crippen molar-refractivity contribution in [2.45, 2.75) is 6.92 Å². The summed E-state index contributed by atoms with van der Waals surface area (Å²) in [4.78, 5) is 26.6. The van der Waals surface area contributed by atoms with Gasteiger partial charge in [-0.3, -0.25) is 9.36 Å². The number of nitrogens with one attached hydrogen (secondary N) is 1. The first kappa shape index (κ1) is 20.6. The van der Waals surface area contributed by atoms with E-state index in [1.54, 1.807) is 71.9 Å². The summed E-state index contributed by atoms with van der Waals surface area (Å²) in [5, 5.41) is 4.95. The van der Waals surface area contributed by atoms with Crippen LogP contribution >= 0.6 is 11.3 Å². The highest BCUT2D eigenvalue weighted by Crippen LogP contribution is 2.26. The summed E-state index contributed by atoms with van der Waals surface area (Å²) < 4.78 is 7.68. The van der Waals surface area contributed by atoms with Gasteiger partial charge < -0.3 is 10.1 Å². The Morgan fingerprint density at radius 3 is 2.55 bits per heavy atom. The maximum Gasteiger partial charge on any atom is 0.255 e. The summed E-state index contributed by atoms with van der Waals surface area (Å²) in [6, 6.07) is 20.5. The van der Waals surface area contributed by atoms with Crippen LogP contribution in [-0.4, -0.2) is 25.4 Å². The maximum atomic E-state index is 12.6. The van der Waals surface area contributed by atoms with E-state index in [-0.39, 0.29) is 5.91 Å². The lowest BCUT2D eigenvalue weighted by Gasteiger charge is -2.10. The quantitative estimate of drug-likeness (QED) is 0.354. The van der Waals surface area contributed by atoms with E-state index in [1.807, 2.05) is 35.7 Å². The fraction of sp³-hybridized carbons (Fsp3) is 0.0400. The van der Waals surface area contributed by atoms with Crippen LogP contribution in [0.3, 0.4) is 0 Å². The number of nitrogens with zero attached hydrogens (tertiary/aromatic N) is 4. The number of anilines is 1. The molecular weight excluding hydrogens is 434 g/mol. The number of hydrogen-bond acceptors (Lipinski definition) is 6. The number of ether oxygens (including phenoxy) is 1. The minimum Gasteiger partial charge on any atom is -0.439 e. The molecule has 0 aliphatic carbocycles. The third-order valence-corrected chi connectivity index (χ3v) is 5.78. The van der Waals surface area contributed by atoms with Gasteiger partial charge in [-0.1, -0.05) is 18.2 Å². The molecule has 33 heavy (non-hydrogen) atoms. The number of hydrogen-bond donors (Lipinski definition) is 1. The molecule has 0 fully saturated rings. The van der Waals surface area contributed by atoms with E-state index in [4.69, 9.17) is 4.74 Å². The number of thiophene rings is 1. The molecule has 0 aliphatic rings. The van der Waals surface area contributed by atoms with E-state index < -0.39 is 0 Å². The van der Waals surface area contributed by atoms with Crippen molar-refractivity contribution >= 4 is 22.9 Å². The molecule has 2 aromatic carbocycles. The average molecular weight is 454 g/mol. The van der Waals surface area contributed by atoms with Gasteiger partial charge in [-0.15, -0.1) is 11.3 Å². The molecule has 3 aromatic heterocycles. The van der Waals surface area contributed by atoms with Crippen LogP contribution in [-0.2, 0) is 0 Å². The second kappa shape index (κ2) is 9.05. The normalized spacial score (nSPS) is 10.7. The van der Waals surface area contributed by atoms with Crippen molar-refractivity contribution in [3.63, 3.8) is 0 Å². The Bertz CT molecular complexity index is 1360. The van der Waals surface area contributed by atoms with Gasteiger partial charge in [-0.25, -0.2) is 9.97 Å². The number of benzene rings is 2. The Labute approximate surface area is 194 Å². The molecule has 5 rings (SSSR count). The van der Waals surface area contributed by atoms with Gasteiger partial charge in [0.1, 0.15) is 23.7 Å². The Morgan fingerprint density at radius 2 is 1.85 bits per heavy atom. The third-order valence-electron chi connectivity index (χ3n) is 4.86. The Morgan fingerprint density at radius 1 is 1.03 bits per heavy atom. The summed E-state index contributed by atoms with van der Waals surface area (Å²) in [7, 11) is 0. The smallest absolute Gasteiger partial charge is 0.255 e. The van der Waals surface area contributed by atoms with Gasteiger partial charge in [-0.2, -0.15) is 4.98 Å². The van der Waals surface area contributed by atoms with Crippen LogP contribution in [0.1, 0.15) is 16.2 Å². The molecule has 8 heteroatoms. The predicted octanol–water partition coefficient (Wildman–Crippen LogP) is 5.74. The number of carbonyl (C=O) groups is 1. The lowest BCUT2D eigenvalue weighted by atomic mass is 10.1. The largest absolute Gasteiger partial charge is 0.439 e.